The molecule has 3 rings (SSSR count). The second-order valence-electron chi connectivity index (χ2n) is 5.34. The number of halogens is 1. The molecule has 1 aliphatic heterocycles. The molecule has 0 fully saturated rings. The predicted molar refractivity (Wildman–Crippen MR) is 93.7 cm³/mol. The molecule has 0 aliphatic carbocycles. The summed E-state index contributed by atoms with van der Waals surface area (Å²) in [6, 6.07) is 14.2. The van der Waals surface area contributed by atoms with Gasteiger partial charge in [-0.3, -0.25) is 4.79 Å². The third-order valence-electron chi connectivity index (χ3n) is 3.59. The highest BCUT2D eigenvalue weighted by atomic mass is 35.5. The van der Waals surface area contributed by atoms with Gasteiger partial charge in [-0.05, 0) is 48.5 Å². The molecule has 1 heterocycles. The molecule has 25 heavy (non-hydrogen) atoms. The molecule has 0 saturated heterocycles. The second kappa shape index (κ2) is 7.44. The van der Waals surface area contributed by atoms with Crippen LogP contribution < -0.4 is 9.47 Å². The van der Waals surface area contributed by atoms with Crippen LogP contribution in [-0.2, 0) is 9.53 Å². The van der Waals surface area contributed by atoms with Crippen molar-refractivity contribution in [3.63, 3.8) is 0 Å². The van der Waals surface area contributed by atoms with Crippen LogP contribution in [0.15, 0.2) is 53.6 Å². The van der Waals surface area contributed by atoms with Crippen molar-refractivity contribution in [1.82, 2.24) is 5.01 Å². The molecule has 0 bridgehead atoms. The third-order valence-corrected chi connectivity index (χ3v) is 3.84. The van der Waals surface area contributed by atoms with Gasteiger partial charge in [-0.1, -0.05) is 11.6 Å². The average molecular weight is 361 g/mol. The lowest BCUT2D eigenvalue weighted by Gasteiger charge is -2.19. The number of hydrazone groups is 1. The van der Waals surface area contributed by atoms with E-state index in [2.05, 4.69) is 5.10 Å². The maximum absolute atomic E-state index is 11.9. The Morgan fingerprint density at radius 2 is 1.80 bits per heavy atom. The SMILES string of the molecule is COc1ccc(C2OC(COc3ccc(Cl)cc3)=NN2C(C)=O)cc1. The van der Waals surface area contributed by atoms with E-state index in [1.165, 1.54) is 11.9 Å². The van der Waals surface area contributed by atoms with Gasteiger partial charge < -0.3 is 14.2 Å². The quantitative estimate of drug-likeness (QED) is 0.817. The van der Waals surface area contributed by atoms with E-state index >= 15 is 0 Å². The van der Waals surface area contributed by atoms with Gasteiger partial charge in [0.05, 0.1) is 7.11 Å². The minimum absolute atomic E-state index is 0.109. The summed E-state index contributed by atoms with van der Waals surface area (Å²) in [4.78, 5) is 11.9. The first-order valence-corrected chi connectivity index (χ1v) is 8.01. The van der Waals surface area contributed by atoms with Crippen molar-refractivity contribution >= 4 is 23.4 Å². The van der Waals surface area contributed by atoms with Crippen LogP contribution in [0, 0.1) is 0 Å². The fraction of sp³-hybridized carbons (Fsp3) is 0.222. The Bertz CT molecular complexity index is 775. The summed E-state index contributed by atoms with van der Waals surface area (Å²) in [7, 11) is 1.60. The van der Waals surface area contributed by atoms with Crippen molar-refractivity contribution in [3.8, 4) is 11.5 Å². The Kier molecular flexibility index (Phi) is 5.09. The zero-order valence-electron chi connectivity index (χ0n) is 13.8. The molecule has 7 heteroatoms. The minimum Gasteiger partial charge on any atom is -0.497 e. The van der Waals surface area contributed by atoms with Crippen LogP contribution in [0.3, 0.4) is 0 Å². The lowest BCUT2D eigenvalue weighted by Crippen LogP contribution is -2.25. The largest absolute Gasteiger partial charge is 0.497 e. The number of rotatable bonds is 5. The zero-order chi connectivity index (χ0) is 17.8. The van der Waals surface area contributed by atoms with Gasteiger partial charge in [-0.15, -0.1) is 5.10 Å². The molecule has 6 nitrogen and oxygen atoms in total. The van der Waals surface area contributed by atoms with Gasteiger partial charge in [0.2, 0.25) is 18.0 Å². The highest BCUT2D eigenvalue weighted by Crippen LogP contribution is 2.29. The number of benzene rings is 2. The molecule has 1 atom stereocenters. The number of amides is 1. The summed E-state index contributed by atoms with van der Waals surface area (Å²) in [5, 5.41) is 6.14. The number of methoxy groups -OCH3 is 1. The van der Waals surface area contributed by atoms with E-state index in [9.17, 15) is 4.79 Å². The average Bonchev–Trinajstić information content (AvgIpc) is 3.06. The predicted octanol–water partition coefficient (Wildman–Crippen LogP) is 3.62. The number of hydrogen-bond donors (Lipinski definition) is 0. The van der Waals surface area contributed by atoms with Crippen LogP contribution in [0.4, 0.5) is 0 Å². The first-order valence-electron chi connectivity index (χ1n) is 7.63. The van der Waals surface area contributed by atoms with Crippen LogP contribution >= 0.6 is 11.6 Å². The molecular formula is C18H17ClN2O4. The Morgan fingerprint density at radius 1 is 1.16 bits per heavy atom. The van der Waals surface area contributed by atoms with E-state index in [0.29, 0.717) is 16.7 Å². The van der Waals surface area contributed by atoms with Crippen molar-refractivity contribution in [2.75, 3.05) is 13.7 Å². The van der Waals surface area contributed by atoms with Crippen LogP contribution in [0.5, 0.6) is 11.5 Å². The van der Waals surface area contributed by atoms with E-state index in [1.807, 2.05) is 12.1 Å². The normalized spacial score (nSPS) is 16.2. The second-order valence-corrected chi connectivity index (χ2v) is 5.78. The summed E-state index contributed by atoms with van der Waals surface area (Å²) in [6.45, 7) is 1.55. The topological polar surface area (TPSA) is 60.4 Å². The Labute approximate surface area is 150 Å². The van der Waals surface area contributed by atoms with Gasteiger partial charge in [0.25, 0.3) is 0 Å². The Balaban J connectivity index is 1.70. The first kappa shape index (κ1) is 17.1. The molecule has 130 valence electrons. The van der Waals surface area contributed by atoms with Crippen molar-refractivity contribution in [2.24, 2.45) is 5.10 Å². The number of carbonyl (C=O) groups is 1. The summed E-state index contributed by atoms with van der Waals surface area (Å²) >= 11 is 5.84. The van der Waals surface area contributed by atoms with Gasteiger partial charge in [-0.2, -0.15) is 5.01 Å². The van der Waals surface area contributed by atoms with Crippen molar-refractivity contribution in [3.05, 3.63) is 59.1 Å². The lowest BCUT2D eigenvalue weighted by molar-refractivity contribution is -0.135. The first-order chi connectivity index (χ1) is 12.1. The zero-order valence-corrected chi connectivity index (χ0v) is 14.6. The van der Waals surface area contributed by atoms with E-state index in [4.69, 9.17) is 25.8 Å². The molecule has 0 spiro atoms. The van der Waals surface area contributed by atoms with E-state index in [1.54, 1.807) is 43.5 Å². The van der Waals surface area contributed by atoms with Crippen molar-refractivity contribution in [1.29, 1.82) is 0 Å². The molecular weight excluding hydrogens is 344 g/mol. The molecule has 0 saturated carbocycles. The number of nitrogens with zero attached hydrogens (tertiary/aromatic N) is 2. The molecule has 1 unspecified atom stereocenters. The van der Waals surface area contributed by atoms with E-state index in [-0.39, 0.29) is 12.5 Å². The molecule has 1 aliphatic rings. The van der Waals surface area contributed by atoms with Gasteiger partial charge in [-0.25, -0.2) is 0 Å². The highest BCUT2D eigenvalue weighted by Gasteiger charge is 2.32. The summed E-state index contributed by atoms with van der Waals surface area (Å²) < 4.78 is 16.6. The number of ether oxygens (including phenoxy) is 3. The van der Waals surface area contributed by atoms with Crippen LogP contribution in [0.25, 0.3) is 0 Å². The monoisotopic (exact) mass is 360 g/mol. The maximum Gasteiger partial charge on any atom is 0.247 e. The Hall–Kier alpha value is -2.73. The number of hydrogen-bond acceptors (Lipinski definition) is 5. The lowest BCUT2D eigenvalue weighted by atomic mass is 10.2. The summed E-state index contributed by atoms with van der Waals surface area (Å²) in [5.74, 6) is 1.47. The Morgan fingerprint density at radius 3 is 2.40 bits per heavy atom. The van der Waals surface area contributed by atoms with Crippen LogP contribution in [-0.4, -0.2) is 30.5 Å². The molecule has 2 aromatic carbocycles. The van der Waals surface area contributed by atoms with Gasteiger partial charge in [0, 0.05) is 17.5 Å². The molecule has 0 aromatic heterocycles. The van der Waals surface area contributed by atoms with Crippen molar-refractivity contribution < 1.29 is 19.0 Å². The van der Waals surface area contributed by atoms with Gasteiger partial charge >= 0.3 is 0 Å². The molecule has 1 amide bonds. The van der Waals surface area contributed by atoms with Gasteiger partial charge in [0.15, 0.2) is 6.61 Å². The summed E-state index contributed by atoms with van der Waals surface area (Å²) in [5.41, 5.74) is 0.793. The maximum atomic E-state index is 11.9. The van der Waals surface area contributed by atoms with Crippen LogP contribution in [0.2, 0.25) is 5.02 Å². The molecule has 2 aromatic rings. The smallest absolute Gasteiger partial charge is 0.247 e. The standard InChI is InChI=1S/C18H17ClN2O4/c1-12(22)21-18(13-3-7-15(23-2)8-4-13)25-17(20-21)11-24-16-9-5-14(19)6-10-16/h3-10,18H,11H2,1-2H3. The number of carbonyl (C=O) groups excluding carboxylic acids is 1. The van der Waals surface area contributed by atoms with E-state index in [0.717, 1.165) is 11.3 Å². The minimum atomic E-state index is -0.618. The van der Waals surface area contributed by atoms with Gasteiger partial charge in [0.1, 0.15) is 11.5 Å². The van der Waals surface area contributed by atoms with Crippen molar-refractivity contribution in [2.45, 2.75) is 13.2 Å². The summed E-state index contributed by atoms with van der Waals surface area (Å²) in [6.07, 6.45) is -0.618. The third kappa shape index (κ3) is 4.03. The fourth-order valence-corrected chi connectivity index (χ4v) is 2.45. The molecule has 0 radical (unpaired) electrons. The molecule has 0 N–H and O–H groups in total. The van der Waals surface area contributed by atoms with E-state index < -0.39 is 6.23 Å². The highest BCUT2D eigenvalue weighted by molar-refractivity contribution is 6.30. The van der Waals surface area contributed by atoms with Crippen LogP contribution in [0.1, 0.15) is 18.7 Å². The fourth-order valence-electron chi connectivity index (χ4n) is 2.33.